The monoisotopic (exact) mass is 732 g/mol. The predicted octanol–water partition coefficient (Wildman–Crippen LogP) is 10.8. The molecule has 0 unspecified atom stereocenters. The zero-order valence-corrected chi connectivity index (χ0v) is 32.1. The van der Waals surface area contributed by atoms with E-state index in [0.717, 1.165) is 47.9 Å². The van der Waals surface area contributed by atoms with Gasteiger partial charge in [0.2, 0.25) is 11.1 Å². The van der Waals surface area contributed by atoms with Gasteiger partial charge in [-0.2, -0.15) is 0 Å². The van der Waals surface area contributed by atoms with Crippen LogP contribution >= 0.6 is 11.6 Å². The van der Waals surface area contributed by atoms with Crippen molar-refractivity contribution in [3.8, 4) is 0 Å². The van der Waals surface area contributed by atoms with Gasteiger partial charge >= 0.3 is 0 Å². The molecule has 0 bridgehead atoms. The Morgan fingerprint density at radius 3 is 1.04 bits per heavy atom. The number of halogens is 1. The molecule has 6 aromatic carbocycles. The fraction of sp³-hybridized carbons (Fsp3) is 0.224. The van der Waals surface area contributed by atoms with Crippen molar-refractivity contribution in [3.05, 3.63) is 215 Å². The van der Waals surface area contributed by atoms with Crippen LogP contribution < -0.4 is 0 Å². The smallest absolute Gasteiger partial charge is 0.235 e. The Kier molecular flexibility index (Phi) is 12.6. The first-order valence-electron chi connectivity index (χ1n) is 18.7. The summed E-state index contributed by atoms with van der Waals surface area (Å²) in [5.74, 6) is -0.579. The zero-order valence-electron chi connectivity index (χ0n) is 31.4. The SMILES string of the molecule is CN(C)C1(c2ccccc2)CCC(c2ccccc2)(N(C)C(=O)C(c2ccccc2)c2ccccc2)CC1.O=C(Cl)C(c1ccccc1)c1ccccc1. The number of rotatable bonds is 10. The summed E-state index contributed by atoms with van der Waals surface area (Å²) in [6.07, 6.45) is 3.72. The lowest BCUT2D eigenvalue weighted by molar-refractivity contribution is -0.140. The van der Waals surface area contributed by atoms with Crippen LogP contribution in [0.15, 0.2) is 182 Å². The van der Waals surface area contributed by atoms with E-state index in [1.165, 1.54) is 11.1 Å². The first-order chi connectivity index (χ1) is 26.3. The van der Waals surface area contributed by atoms with Crippen LogP contribution in [0.1, 0.15) is 70.9 Å². The second-order valence-electron chi connectivity index (χ2n) is 14.4. The number of nitrogens with zero attached hydrogens (tertiary/aromatic N) is 2. The second-order valence-corrected chi connectivity index (χ2v) is 14.8. The summed E-state index contributed by atoms with van der Waals surface area (Å²) in [5, 5.41) is -0.350. The number of carbonyl (C=O) groups is 2. The highest BCUT2D eigenvalue weighted by Crippen LogP contribution is 2.51. The molecule has 0 spiro atoms. The average Bonchev–Trinajstić information content (AvgIpc) is 3.23. The minimum absolute atomic E-state index is 0.0539. The fourth-order valence-corrected chi connectivity index (χ4v) is 8.56. The molecule has 0 saturated heterocycles. The molecule has 1 aliphatic carbocycles. The largest absolute Gasteiger partial charge is 0.335 e. The van der Waals surface area contributed by atoms with Gasteiger partial charge in [0.1, 0.15) is 0 Å². The Balaban J connectivity index is 0.000000259. The lowest BCUT2D eigenvalue weighted by Crippen LogP contribution is -2.55. The van der Waals surface area contributed by atoms with Crippen molar-refractivity contribution >= 4 is 22.8 Å². The Labute approximate surface area is 326 Å². The molecule has 0 aromatic heterocycles. The molecule has 7 rings (SSSR count). The molecule has 54 heavy (non-hydrogen) atoms. The van der Waals surface area contributed by atoms with Gasteiger partial charge in [0.25, 0.3) is 0 Å². The fourth-order valence-electron chi connectivity index (χ4n) is 8.30. The predicted molar refractivity (Wildman–Crippen MR) is 221 cm³/mol. The first-order valence-corrected chi connectivity index (χ1v) is 19.1. The molecule has 1 fully saturated rings. The molecular formula is C49H49ClN2O2. The molecule has 0 radical (unpaired) electrons. The lowest BCUT2D eigenvalue weighted by Gasteiger charge is -2.53. The molecule has 1 aliphatic rings. The number of amides is 1. The number of hydrogen-bond donors (Lipinski definition) is 0. The van der Waals surface area contributed by atoms with Gasteiger partial charge in [-0.25, -0.2) is 0 Å². The Hall–Kier alpha value is -5.29. The van der Waals surface area contributed by atoms with Crippen LogP contribution in [-0.2, 0) is 20.7 Å². The molecule has 0 aliphatic heterocycles. The third kappa shape index (κ3) is 8.26. The van der Waals surface area contributed by atoms with Crippen LogP contribution in [-0.4, -0.2) is 42.1 Å². The van der Waals surface area contributed by atoms with E-state index in [9.17, 15) is 9.59 Å². The zero-order chi connectivity index (χ0) is 38.0. The Morgan fingerprint density at radius 1 is 0.444 bits per heavy atom. The molecule has 1 amide bonds. The highest BCUT2D eigenvalue weighted by Gasteiger charge is 2.49. The van der Waals surface area contributed by atoms with Crippen molar-refractivity contribution in [1.29, 1.82) is 0 Å². The van der Waals surface area contributed by atoms with Crippen LogP contribution in [0.2, 0.25) is 0 Å². The summed E-state index contributed by atoms with van der Waals surface area (Å²) >= 11 is 5.67. The second kappa shape index (κ2) is 17.7. The van der Waals surface area contributed by atoms with E-state index in [2.05, 4.69) is 109 Å². The van der Waals surface area contributed by atoms with Crippen LogP contribution in [0.25, 0.3) is 0 Å². The molecule has 0 atom stereocenters. The first kappa shape index (κ1) is 38.4. The number of benzene rings is 6. The molecule has 274 valence electrons. The minimum atomic E-state index is -0.381. The summed E-state index contributed by atoms with van der Waals surface area (Å²) in [6.45, 7) is 0. The van der Waals surface area contributed by atoms with Crippen molar-refractivity contribution in [2.24, 2.45) is 0 Å². The van der Waals surface area contributed by atoms with Gasteiger partial charge in [-0.05, 0) is 84.8 Å². The maximum atomic E-state index is 14.6. The summed E-state index contributed by atoms with van der Waals surface area (Å²) < 4.78 is 0. The third-order valence-corrected chi connectivity index (χ3v) is 11.6. The summed E-state index contributed by atoms with van der Waals surface area (Å²) in [6, 6.07) is 61.1. The van der Waals surface area contributed by atoms with E-state index in [4.69, 9.17) is 11.6 Å². The average molecular weight is 733 g/mol. The molecule has 0 N–H and O–H groups in total. The number of carbonyl (C=O) groups excluding carboxylic acids is 2. The van der Waals surface area contributed by atoms with Crippen LogP contribution in [0.3, 0.4) is 0 Å². The topological polar surface area (TPSA) is 40.6 Å². The van der Waals surface area contributed by atoms with E-state index in [0.29, 0.717) is 0 Å². The van der Waals surface area contributed by atoms with Crippen LogP contribution in [0, 0.1) is 0 Å². The van der Waals surface area contributed by atoms with E-state index >= 15 is 0 Å². The van der Waals surface area contributed by atoms with Gasteiger partial charge < -0.3 is 4.90 Å². The van der Waals surface area contributed by atoms with Gasteiger partial charge in [-0.3, -0.25) is 14.5 Å². The van der Waals surface area contributed by atoms with Gasteiger partial charge in [0.15, 0.2) is 0 Å². The number of hydrogen-bond acceptors (Lipinski definition) is 3. The summed E-state index contributed by atoms with van der Waals surface area (Å²) in [7, 11) is 6.41. The van der Waals surface area contributed by atoms with E-state index < -0.39 is 0 Å². The van der Waals surface area contributed by atoms with Gasteiger partial charge in [-0.15, -0.1) is 0 Å². The van der Waals surface area contributed by atoms with Crippen molar-refractivity contribution in [3.63, 3.8) is 0 Å². The van der Waals surface area contributed by atoms with E-state index in [1.54, 1.807) is 0 Å². The molecule has 1 saturated carbocycles. The summed E-state index contributed by atoms with van der Waals surface area (Å²) in [5.41, 5.74) is 6.05. The number of likely N-dealkylation sites (N-methyl/N-ethyl adjacent to an activating group) is 1. The normalized spacial score (nSPS) is 18.1. The van der Waals surface area contributed by atoms with Crippen molar-refractivity contribution in [1.82, 2.24) is 9.80 Å². The highest BCUT2D eigenvalue weighted by molar-refractivity contribution is 6.65. The standard InChI is InChI=1S/C35H38N2O.C14H11ClO/c1-36(2)34(30-20-12-6-13-21-30)24-26-35(27-25-34,31-22-14-7-15-23-31)37(3)33(38)32(28-16-8-4-9-17-28)29-18-10-5-11-19-29;15-14(16)13(11-7-3-1-4-8-11)12-9-5-2-6-10-12/h4-23,32H,24-27H2,1-3H3;1-10,13H. The van der Waals surface area contributed by atoms with Crippen molar-refractivity contribution in [2.75, 3.05) is 21.1 Å². The summed E-state index contributed by atoms with van der Waals surface area (Å²) in [4.78, 5) is 30.6. The van der Waals surface area contributed by atoms with Crippen molar-refractivity contribution in [2.45, 2.75) is 48.6 Å². The maximum Gasteiger partial charge on any atom is 0.235 e. The molecule has 0 heterocycles. The maximum absolute atomic E-state index is 14.6. The van der Waals surface area contributed by atoms with Gasteiger partial charge in [-0.1, -0.05) is 182 Å². The van der Waals surface area contributed by atoms with Crippen LogP contribution in [0.4, 0.5) is 0 Å². The Morgan fingerprint density at radius 2 is 0.722 bits per heavy atom. The third-order valence-electron chi connectivity index (χ3n) is 11.4. The molecule has 6 aromatic rings. The highest BCUT2D eigenvalue weighted by atomic mass is 35.5. The van der Waals surface area contributed by atoms with Gasteiger partial charge in [0, 0.05) is 12.6 Å². The Bertz CT molecular complexity index is 1970. The van der Waals surface area contributed by atoms with Crippen LogP contribution in [0.5, 0.6) is 0 Å². The lowest BCUT2D eigenvalue weighted by atomic mass is 9.65. The van der Waals surface area contributed by atoms with Crippen molar-refractivity contribution < 1.29 is 9.59 Å². The minimum Gasteiger partial charge on any atom is -0.335 e. The molecule has 4 nitrogen and oxygen atoms in total. The quantitative estimate of drug-likeness (QED) is 0.132. The molecule has 5 heteroatoms. The van der Waals surface area contributed by atoms with E-state index in [-0.39, 0.29) is 34.1 Å². The van der Waals surface area contributed by atoms with E-state index in [1.807, 2.05) is 104 Å². The van der Waals surface area contributed by atoms with Gasteiger partial charge in [0.05, 0.1) is 17.4 Å². The molecular weight excluding hydrogens is 684 g/mol.